The van der Waals surface area contributed by atoms with Crippen LogP contribution >= 0.6 is 0 Å². The topological polar surface area (TPSA) is 80.6 Å². The van der Waals surface area contributed by atoms with E-state index >= 15 is 0 Å². The van der Waals surface area contributed by atoms with Crippen molar-refractivity contribution < 1.29 is 18.7 Å². The van der Waals surface area contributed by atoms with Gasteiger partial charge in [-0.1, -0.05) is 30.3 Å². The summed E-state index contributed by atoms with van der Waals surface area (Å²) in [5, 5.41) is 5.64. The lowest BCUT2D eigenvalue weighted by molar-refractivity contribution is -0.134. The summed E-state index contributed by atoms with van der Waals surface area (Å²) in [4.78, 5) is 24.9. The Labute approximate surface area is 146 Å². The molecule has 0 bridgehead atoms. The Balaban J connectivity index is 1.64. The molecule has 0 spiro atoms. The van der Waals surface area contributed by atoms with Crippen LogP contribution in [0.1, 0.15) is 24.2 Å². The van der Waals surface area contributed by atoms with Crippen LogP contribution in [0.4, 0.5) is 0 Å². The van der Waals surface area contributed by atoms with Crippen molar-refractivity contribution >= 4 is 11.8 Å². The highest BCUT2D eigenvalue weighted by atomic mass is 16.5. The first kappa shape index (κ1) is 17.2. The van der Waals surface area contributed by atoms with Gasteiger partial charge < -0.3 is 19.8 Å². The van der Waals surface area contributed by atoms with Crippen LogP contribution in [0.15, 0.2) is 53.1 Å². The van der Waals surface area contributed by atoms with E-state index in [9.17, 15) is 9.59 Å². The quantitative estimate of drug-likeness (QED) is 0.804. The molecule has 0 aliphatic carbocycles. The third kappa shape index (κ3) is 4.93. The van der Waals surface area contributed by atoms with Crippen molar-refractivity contribution in [3.05, 3.63) is 60.1 Å². The summed E-state index contributed by atoms with van der Waals surface area (Å²) in [5.41, 5.74) is 0.980. The van der Waals surface area contributed by atoms with E-state index in [1.165, 1.54) is 0 Å². The van der Waals surface area contributed by atoms with Crippen LogP contribution in [0.3, 0.4) is 0 Å². The number of benzene rings is 1. The van der Waals surface area contributed by atoms with Gasteiger partial charge in [-0.25, -0.2) is 0 Å². The number of nitrogens with one attached hydrogen (secondary N) is 2. The highest BCUT2D eigenvalue weighted by Crippen LogP contribution is 2.13. The Hall–Kier alpha value is -2.60. The maximum absolute atomic E-state index is 12.6. The number of rotatable bonds is 7. The summed E-state index contributed by atoms with van der Waals surface area (Å²) in [6, 6.07) is 12.5. The van der Waals surface area contributed by atoms with Crippen LogP contribution in [0.25, 0.3) is 0 Å². The second-order valence-electron chi connectivity index (χ2n) is 6.05. The Morgan fingerprint density at radius 1 is 1.16 bits per heavy atom. The smallest absolute Gasteiger partial charge is 0.249 e. The van der Waals surface area contributed by atoms with Gasteiger partial charge in [0.2, 0.25) is 11.8 Å². The van der Waals surface area contributed by atoms with E-state index in [0.717, 1.165) is 12.0 Å². The second kappa shape index (κ2) is 8.48. The van der Waals surface area contributed by atoms with E-state index in [1.807, 2.05) is 30.3 Å². The third-order valence-electron chi connectivity index (χ3n) is 4.15. The Kier molecular flexibility index (Phi) is 5.85. The summed E-state index contributed by atoms with van der Waals surface area (Å²) >= 11 is 0. The minimum absolute atomic E-state index is 0.230. The highest BCUT2D eigenvalue weighted by molar-refractivity contribution is 5.89. The van der Waals surface area contributed by atoms with Crippen molar-refractivity contribution in [3.8, 4) is 0 Å². The molecule has 1 aliphatic heterocycles. The molecule has 0 saturated carbocycles. The van der Waals surface area contributed by atoms with Gasteiger partial charge in [0.05, 0.1) is 12.8 Å². The Bertz CT molecular complexity index is 679. The molecule has 1 aromatic carbocycles. The Morgan fingerprint density at radius 2 is 2.00 bits per heavy atom. The van der Waals surface area contributed by atoms with Crippen LogP contribution in [0.2, 0.25) is 0 Å². The van der Waals surface area contributed by atoms with Crippen LogP contribution in [-0.4, -0.2) is 30.6 Å². The van der Waals surface area contributed by atoms with Gasteiger partial charge >= 0.3 is 0 Å². The molecular formula is C19H22N2O4. The van der Waals surface area contributed by atoms with E-state index in [-0.39, 0.29) is 18.4 Å². The van der Waals surface area contributed by atoms with Gasteiger partial charge in [0.15, 0.2) is 0 Å². The standard InChI is InChI=1S/C19H22N2O4/c22-18(20-13-15-8-4-10-24-15)16(12-14-6-2-1-3-7-14)21-19(23)17-9-5-11-25-17/h1-4,6-8,10,16-17H,5,9,11-13H2,(H,20,22)(H,21,23)/t16-,17?/m0/s1. The molecule has 1 unspecified atom stereocenters. The fraction of sp³-hybridized carbons (Fsp3) is 0.368. The normalized spacial score (nSPS) is 17.8. The fourth-order valence-corrected chi connectivity index (χ4v) is 2.82. The van der Waals surface area contributed by atoms with E-state index in [2.05, 4.69) is 10.6 Å². The van der Waals surface area contributed by atoms with Gasteiger partial charge in [0.1, 0.15) is 17.9 Å². The molecule has 2 N–H and O–H groups in total. The zero-order chi connectivity index (χ0) is 17.5. The average molecular weight is 342 g/mol. The number of hydrogen-bond donors (Lipinski definition) is 2. The van der Waals surface area contributed by atoms with Crippen molar-refractivity contribution in [2.24, 2.45) is 0 Å². The SMILES string of the molecule is O=C(N[C@@H](Cc1ccccc1)C(=O)NCc1ccco1)C1CCCO1. The summed E-state index contributed by atoms with van der Waals surface area (Å²) in [5.74, 6) is 0.190. The summed E-state index contributed by atoms with van der Waals surface area (Å²) in [7, 11) is 0. The monoisotopic (exact) mass is 342 g/mol. The maximum atomic E-state index is 12.6. The molecule has 6 nitrogen and oxygen atoms in total. The molecule has 0 radical (unpaired) electrons. The molecule has 3 rings (SSSR count). The molecule has 2 amide bonds. The average Bonchev–Trinajstić information content (AvgIpc) is 3.33. The van der Waals surface area contributed by atoms with E-state index in [1.54, 1.807) is 18.4 Å². The molecule has 2 atom stereocenters. The molecule has 1 aliphatic rings. The maximum Gasteiger partial charge on any atom is 0.249 e. The van der Waals surface area contributed by atoms with Crippen molar-refractivity contribution in [3.63, 3.8) is 0 Å². The van der Waals surface area contributed by atoms with Gasteiger partial charge in [-0.2, -0.15) is 0 Å². The van der Waals surface area contributed by atoms with Crippen molar-refractivity contribution in [1.29, 1.82) is 0 Å². The molecule has 1 fully saturated rings. The fourth-order valence-electron chi connectivity index (χ4n) is 2.82. The molecule has 2 heterocycles. The van der Waals surface area contributed by atoms with Gasteiger partial charge in [-0.15, -0.1) is 0 Å². The third-order valence-corrected chi connectivity index (χ3v) is 4.15. The van der Waals surface area contributed by atoms with Crippen LogP contribution in [0, 0.1) is 0 Å². The highest BCUT2D eigenvalue weighted by Gasteiger charge is 2.28. The number of hydrogen-bond acceptors (Lipinski definition) is 4. The summed E-state index contributed by atoms with van der Waals surface area (Å²) in [6.07, 6.45) is 3.08. The summed E-state index contributed by atoms with van der Waals surface area (Å²) < 4.78 is 10.6. The predicted octanol–water partition coefficient (Wildman–Crippen LogP) is 1.80. The molecule has 132 valence electrons. The molecule has 25 heavy (non-hydrogen) atoms. The van der Waals surface area contributed by atoms with Gasteiger partial charge in [-0.3, -0.25) is 9.59 Å². The van der Waals surface area contributed by atoms with E-state index < -0.39 is 12.1 Å². The van der Waals surface area contributed by atoms with Gasteiger partial charge in [0.25, 0.3) is 0 Å². The van der Waals surface area contributed by atoms with Gasteiger partial charge in [-0.05, 0) is 30.5 Å². The largest absolute Gasteiger partial charge is 0.467 e. The van der Waals surface area contributed by atoms with Crippen LogP contribution in [-0.2, 0) is 27.3 Å². The minimum atomic E-state index is -0.658. The minimum Gasteiger partial charge on any atom is -0.467 e. The number of furan rings is 1. The number of ether oxygens (including phenoxy) is 1. The van der Waals surface area contributed by atoms with E-state index in [4.69, 9.17) is 9.15 Å². The zero-order valence-electron chi connectivity index (χ0n) is 13.9. The van der Waals surface area contributed by atoms with Crippen LogP contribution < -0.4 is 10.6 Å². The Morgan fingerprint density at radius 3 is 2.68 bits per heavy atom. The van der Waals surface area contributed by atoms with Gasteiger partial charge in [0, 0.05) is 13.0 Å². The van der Waals surface area contributed by atoms with Crippen molar-refractivity contribution in [2.45, 2.75) is 38.0 Å². The van der Waals surface area contributed by atoms with Crippen molar-refractivity contribution in [2.75, 3.05) is 6.61 Å². The first-order valence-corrected chi connectivity index (χ1v) is 8.48. The molecule has 6 heteroatoms. The second-order valence-corrected chi connectivity index (χ2v) is 6.05. The predicted molar refractivity (Wildman–Crippen MR) is 91.6 cm³/mol. The number of carbonyl (C=O) groups is 2. The summed E-state index contributed by atoms with van der Waals surface area (Å²) in [6.45, 7) is 0.874. The lowest BCUT2D eigenvalue weighted by Gasteiger charge is -2.20. The van der Waals surface area contributed by atoms with Crippen molar-refractivity contribution in [1.82, 2.24) is 10.6 Å². The molecule has 1 aromatic heterocycles. The molecule has 1 saturated heterocycles. The first-order chi connectivity index (χ1) is 12.2. The number of carbonyl (C=O) groups excluding carboxylic acids is 2. The van der Waals surface area contributed by atoms with E-state index in [0.29, 0.717) is 25.2 Å². The molecular weight excluding hydrogens is 320 g/mol. The first-order valence-electron chi connectivity index (χ1n) is 8.48. The zero-order valence-corrected chi connectivity index (χ0v) is 13.9. The number of amides is 2. The molecule has 2 aromatic rings. The lowest BCUT2D eigenvalue weighted by atomic mass is 10.0. The van der Waals surface area contributed by atoms with Crippen LogP contribution in [0.5, 0.6) is 0 Å². The lowest BCUT2D eigenvalue weighted by Crippen LogP contribution is -2.50.